The summed E-state index contributed by atoms with van der Waals surface area (Å²) in [5.74, 6) is 0. The van der Waals surface area contributed by atoms with Gasteiger partial charge in [-0.25, -0.2) is 0 Å². The molecule has 0 saturated heterocycles. The summed E-state index contributed by atoms with van der Waals surface area (Å²) in [4.78, 5) is 2.38. The Kier molecular flexibility index (Phi) is 2.37. The molecule has 1 aromatic rings. The molecule has 1 aromatic carbocycles. The summed E-state index contributed by atoms with van der Waals surface area (Å²) in [5.41, 5.74) is 2.73. The third kappa shape index (κ3) is 1.64. The second kappa shape index (κ2) is 3.49. The summed E-state index contributed by atoms with van der Waals surface area (Å²) >= 11 is -1.08. The molecular formula is C11H11Sb. The SMILES string of the molecule is [CH3][Sb]1[CH]=Cc2ccccc2C=[CH]1. The molecule has 60 valence electrons. The van der Waals surface area contributed by atoms with E-state index in [9.17, 15) is 0 Å². The zero-order valence-corrected chi connectivity index (χ0v) is 9.62. The van der Waals surface area contributed by atoms with Crippen LogP contribution in [0.15, 0.2) is 32.3 Å². The van der Waals surface area contributed by atoms with E-state index in [2.05, 4.69) is 49.3 Å². The van der Waals surface area contributed by atoms with Crippen LogP contribution in [0.1, 0.15) is 11.1 Å². The topological polar surface area (TPSA) is 0 Å². The molecule has 1 aliphatic rings. The van der Waals surface area contributed by atoms with Gasteiger partial charge in [0.2, 0.25) is 0 Å². The van der Waals surface area contributed by atoms with Gasteiger partial charge in [-0.05, 0) is 0 Å². The Morgan fingerprint density at radius 2 is 1.42 bits per heavy atom. The molecule has 0 bridgehead atoms. The first-order valence-corrected chi connectivity index (χ1v) is 9.54. The molecule has 0 nitrogen and oxygen atoms in total. The summed E-state index contributed by atoms with van der Waals surface area (Å²) in [6, 6.07) is 8.55. The van der Waals surface area contributed by atoms with Crippen LogP contribution in [-0.4, -0.2) is 20.2 Å². The van der Waals surface area contributed by atoms with Crippen molar-refractivity contribution in [2.75, 3.05) is 0 Å². The molecular weight excluding hydrogens is 254 g/mol. The zero-order chi connectivity index (χ0) is 8.39. The quantitative estimate of drug-likeness (QED) is 0.632. The van der Waals surface area contributed by atoms with Gasteiger partial charge in [-0.1, -0.05) is 0 Å². The van der Waals surface area contributed by atoms with Gasteiger partial charge < -0.3 is 0 Å². The summed E-state index contributed by atoms with van der Waals surface area (Å²) in [6.45, 7) is 0. The van der Waals surface area contributed by atoms with Crippen molar-refractivity contribution < 1.29 is 0 Å². The monoisotopic (exact) mass is 264 g/mol. The number of hydrogen-bond acceptors (Lipinski definition) is 0. The molecule has 0 saturated carbocycles. The second-order valence-corrected chi connectivity index (χ2v) is 8.43. The Balaban J connectivity index is 2.52. The van der Waals surface area contributed by atoms with Crippen LogP contribution in [0.25, 0.3) is 12.2 Å². The average Bonchev–Trinajstić information content (AvgIpc) is 2.29. The second-order valence-electron chi connectivity index (χ2n) is 2.93. The molecule has 0 amide bonds. The predicted octanol–water partition coefficient (Wildman–Crippen LogP) is 2.93. The van der Waals surface area contributed by atoms with Crippen LogP contribution in [-0.2, 0) is 0 Å². The molecule has 0 aliphatic carbocycles. The van der Waals surface area contributed by atoms with Gasteiger partial charge in [-0.2, -0.15) is 0 Å². The number of fused-ring (bicyclic) bond motifs is 1. The van der Waals surface area contributed by atoms with Crippen molar-refractivity contribution in [3.8, 4) is 0 Å². The van der Waals surface area contributed by atoms with E-state index in [1.165, 1.54) is 11.1 Å². The van der Waals surface area contributed by atoms with Gasteiger partial charge in [0.15, 0.2) is 0 Å². The van der Waals surface area contributed by atoms with Crippen molar-refractivity contribution in [2.24, 2.45) is 0 Å². The van der Waals surface area contributed by atoms with E-state index in [1.807, 2.05) is 0 Å². The summed E-state index contributed by atoms with van der Waals surface area (Å²) in [6.07, 6.45) is 4.55. The van der Waals surface area contributed by atoms with Crippen molar-refractivity contribution in [1.29, 1.82) is 0 Å². The maximum absolute atomic E-state index is 2.41. The van der Waals surface area contributed by atoms with Crippen molar-refractivity contribution in [3.63, 3.8) is 0 Å². The summed E-state index contributed by atoms with van der Waals surface area (Å²) in [7, 11) is 0. The zero-order valence-electron chi connectivity index (χ0n) is 7.07. The molecule has 12 heavy (non-hydrogen) atoms. The molecule has 0 fully saturated rings. The van der Waals surface area contributed by atoms with E-state index in [-0.39, 0.29) is 0 Å². The van der Waals surface area contributed by atoms with Crippen molar-refractivity contribution in [1.82, 2.24) is 0 Å². The van der Waals surface area contributed by atoms with Crippen LogP contribution in [0.2, 0.25) is 4.87 Å². The first kappa shape index (κ1) is 8.13. The van der Waals surface area contributed by atoms with Gasteiger partial charge in [-0.3, -0.25) is 0 Å². The van der Waals surface area contributed by atoms with E-state index < -0.39 is 20.2 Å². The van der Waals surface area contributed by atoms with Gasteiger partial charge in [0, 0.05) is 0 Å². The van der Waals surface area contributed by atoms with Crippen LogP contribution in [0.4, 0.5) is 0 Å². The predicted molar refractivity (Wildman–Crippen MR) is 56.1 cm³/mol. The molecule has 2 rings (SSSR count). The fourth-order valence-electron chi connectivity index (χ4n) is 1.26. The summed E-state index contributed by atoms with van der Waals surface area (Å²) in [5, 5.41) is 0. The standard InChI is InChI=1S/C10H8.CH3.Sb/c1-3-9-7-5-6-8-10(9)4-2;;/h1-8H;1H3;. The van der Waals surface area contributed by atoms with Gasteiger partial charge in [0.1, 0.15) is 0 Å². The summed E-state index contributed by atoms with van der Waals surface area (Å²) < 4.78 is 4.82. The third-order valence-electron chi connectivity index (χ3n) is 1.97. The van der Waals surface area contributed by atoms with Crippen molar-refractivity contribution in [2.45, 2.75) is 4.87 Å². The van der Waals surface area contributed by atoms with E-state index in [1.54, 1.807) is 0 Å². The molecule has 0 N–H and O–H groups in total. The van der Waals surface area contributed by atoms with E-state index >= 15 is 0 Å². The molecule has 0 atom stereocenters. The third-order valence-corrected chi connectivity index (χ3v) is 5.51. The van der Waals surface area contributed by atoms with Crippen LogP contribution in [0.3, 0.4) is 0 Å². The molecule has 0 radical (unpaired) electrons. The molecule has 0 spiro atoms. The first-order chi connectivity index (χ1) is 5.86. The van der Waals surface area contributed by atoms with Crippen molar-refractivity contribution in [3.05, 3.63) is 43.4 Å². The fourth-order valence-corrected chi connectivity index (χ4v) is 3.80. The number of benzene rings is 1. The van der Waals surface area contributed by atoms with Gasteiger partial charge in [0.25, 0.3) is 0 Å². The van der Waals surface area contributed by atoms with Crippen LogP contribution in [0.5, 0.6) is 0 Å². The van der Waals surface area contributed by atoms with E-state index in [0.717, 1.165) is 0 Å². The maximum atomic E-state index is 2.41. The van der Waals surface area contributed by atoms with E-state index in [4.69, 9.17) is 0 Å². The van der Waals surface area contributed by atoms with Crippen molar-refractivity contribution >= 4 is 32.4 Å². The van der Waals surface area contributed by atoms with E-state index in [0.29, 0.717) is 0 Å². The Hall–Kier alpha value is -0.482. The van der Waals surface area contributed by atoms with Crippen LogP contribution >= 0.6 is 0 Å². The molecule has 0 unspecified atom stereocenters. The minimum atomic E-state index is -1.08. The Bertz CT molecular complexity index is 304. The molecule has 1 aliphatic heterocycles. The number of hydrogen-bond donors (Lipinski definition) is 0. The average molecular weight is 265 g/mol. The van der Waals surface area contributed by atoms with Gasteiger partial charge in [0.05, 0.1) is 0 Å². The Morgan fingerprint density at radius 1 is 0.917 bits per heavy atom. The molecule has 1 heteroatoms. The fraction of sp³-hybridized carbons (Fsp3) is 0.0909. The van der Waals surface area contributed by atoms with Crippen LogP contribution < -0.4 is 0 Å². The molecule has 1 heterocycles. The molecule has 0 aromatic heterocycles. The van der Waals surface area contributed by atoms with Gasteiger partial charge in [-0.15, -0.1) is 0 Å². The van der Waals surface area contributed by atoms with Gasteiger partial charge >= 0.3 is 80.7 Å². The normalized spacial score (nSPS) is 15.8. The number of rotatable bonds is 0. The Morgan fingerprint density at radius 3 is 1.92 bits per heavy atom. The van der Waals surface area contributed by atoms with Crippen LogP contribution in [0, 0.1) is 0 Å². The minimum absolute atomic E-state index is 1.08. The first-order valence-electron chi connectivity index (χ1n) is 4.03. The Labute approximate surface area is 80.6 Å².